The fourth-order valence-corrected chi connectivity index (χ4v) is 2.95. The topological polar surface area (TPSA) is 55.2 Å². The summed E-state index contributed by atoms with van der Waals surface area (Å²) in [6.07, 6.45) is 1.99. The zero-order chi connectivity index (χ0) is 15.0. The third kappa shape index (κ3) is 2.49. The molecule has 2 atom stereocenters. The van der Waals surface area contributed by atoms with Gasteiger partial charge in [0.15, 0.2) is 0 Å². The van der Waals surface area contributed by atoms with E-state index in [4.69, 9.17) is 0 Å². The van der Waals surface area contributed by atoms with Crippen LogP contribution in [0.25, 0.3) is 0 Å². The van der Waals surface area contributed by atoms with Crippen molar-refractivity contribution in [2.24, 2.45) is 13.0 Å². The lowest BCUT2D eigenvalue weighted by atomic mass is 9.92. The van der Waals surface area contributed by atoms with E-state index < -0.39 is 0 Å². The van der Waals surface area contributed by atoms with Crippen molar-refractivity contribution in [3.63, 3.8) is 0 Å². The maximum atomic E-state index is 12.7. The number of hydrogen-bond donors (Lipinski definition) is 0. The number of rotatable bonds is 1. The Morgan fingerprint density at radius 2 is 1.95 bits per heavy atom. The number of nitrogens with zero attached hydrogens (tertiary/aromatic N) is 3. The fourth-order valence-electron chi connectivity index (χ4n) is 2.95. The van der Waals surface area contributed by atoms with Gasteiger partial charge in [0.25, 0.3) is 11.5 Å². The number of hydrogen-bond acceptors (Lipinski definition) is 3. The minimum atomic E-state index is -0.302. The highest BCUT2D eigenvalue weighted by Crippen LogP contribution is 2.24. The Bertz CT molecular complexity index is 592. The minimum Gasteiger partial charge on any atom is -0.336 e. The van der Waals surface area contributed by atoms with Crippen molar-refractivity contribution in [1.29, 1.82) is 0 Å². The molecule has 0 spiro atoms. The molecular formula is C15H23N3O2. The molecule has 0 aromatic carbocycles. The molecule has 0 unspecified atom stereocenters. The lowest BCUT2D eigenvalue weighted by Gasteiger charge is -2.36. The van der Waals surface area contributed by atoms with E-state index in [0.29, 0.717) is 11.5 Å². The van der Waals surface area contributed by atoms with Gasteiger partial charge in [0.05, 0.1) is 5.69 Å². The molecule has 1 saturated heterocycles. The van der Waals surface area contributed by atoms with Crippen molar-refractivity contribution < 1.29 is 4.79 Å². The van der Waals surface area contributed by atoms with E-state index in [1.807, 2.05) is 11.8 Å². The molecule has 0 aliphatic carbocycles. The van der Waals surface area contributed by atoms with Crippen LogP contribution in [-0.4, -0.2) is 33.2 Å². The van der Waals surface area contributed by atoms with Gasteiger partial charge >= 0.3 is 0 Å². The molecule has 5 nitrogen and oxygen atoms in total. The number of likely N-dealkylation sites (tertiary alicyclic amines) is 1. The third-order valence-electron chi connectivity index (χ3n) is 4.34. The molecule has 1 fully saturated rings. The molecule has 1 amide bonds. The standard InChI is InChI=1S/C15H23N3O2/c1-9-6-7-18(10(2)8-9)15(20)13-11(3)12(4)16-17(5)14(13)19/h9-10H,6-8H2,1-5H3/t9-,10+/m0/s1. The first-order valence-corrected chi connectivity index (χ1v) is 7.18. The van der Waals surface area contributed by atoms with Gasteiger partial charge in [-0.2, -0.15) is 5.10 Å². The highest BCUT2D eigenvalue weighted by molar-refractivity contribution is 5.95. The van der Waals surface area contributed by atoms with Gasteiger partial charge in [-0.3, -0.25) is 9.59 Å². The van der Waals surface area contributed by atoms with E-state index in [0.717, 1.165) is 25.1 Å². The molecule has 0 radical (unpaired) electrons. The highest BCUT2D eigenvalue weighted by atomic mass is 16.2. The molecule has 2 rings (SSSR count). The fraction of sp³-hybridized carbons (Fsp3) is 0.667. The predicted octanol–water partition coefficient (Wildman–Crippen LogP) is 1.66. The molecule has 110 valence electrons. The quantitative estimate of drug-likeness (QED) is 0.784. The Balaban J connectivity index is 2.42. The van der Waals surface area contributed by atoms with Gasteiger partial charge in [-0.25, -0.2) is 4.68 Å². The summed E-state index contributed by atoms with van der Waals surface area (Å²) in [5.74, 6) is 0.491. The van der Waals surface area contributed by atoms with E-state index in [-0.39, 0.29) is 23.1 Å². The third-order valence-corrected chi connectivity index (χ3v) is 4.34. The van der Waals surface area contributed by atoms with E-state index in [1.165, 1.54) is 4.68 Å². The molecule has 1 aromatic heterocycles. The maximum Gasteiger partial charge on any atom is 0.279 e. The first-order valence-electron chi connectivity index (χ1n) is 7.18. The highest BCUT2D eigenvalue weighted by Gasteiger charge is 2.30. The van der Waals surface area contributed by atoms with Crippen molar-refractivity contribution in [3.05, 3.63) is 27.2 Å². The average molecular weight is 277 g/mol. The van der Waals surface area contributed by atoms with Crippen LogP contribution in [0.1, 0.15) is 48.3 Å². The summed E-state index contributed by atoms with van der Waals surface area (Å²) in [7, 11) is 1.59. The minimum absolute atomic E-state index is 0.145. The summed E-state index contributed by atoms with van der Waals surface area (Å²) < 4.78 is 1.26. The van der Waals surface area contributed by atoms with Gasteiger partial charge in [-0.05, 0) is 45.1 Å². The molecule has 2 heterocycles. The van der Waals surface area contributed by atoms with Crippen LogP contribution in [0, 0.1) is 19.8 Å². The Morgan fingerprint density at radius 1 is 1.30 bits per heavy atom. The van der Waals surface area contributed by atoms with Crippen LogP contribution in [0.15, 0.2) is 4.79 Å². The van der Waals surface area contributed by atoms with E-state index in [1.54, 1.807) is 14.0 Å². The van der Waals surface area contributed by atoms with Crippen molar-refractivity contribution in [1.82, 2.24) is 14.7 Å². The molecule has 20 heavy (non-hydrogen) atoms. The van der Waals surface area contributed by atoms with Crippen LogP contribution in [0.5, 0.6) is 0 Å². The van der Waals surface area contributed by atoms with Gasteiger partial charge < -0.3 is 4.90 Å². The average Bonchev–Trinajstić information content (AvgIpc) is 2.36. The molecule has 0 N–H and O–H groups in total. The molecule has 1 aliphatic rings. The summed E-state index contributed by atoms with van der Waals surface area (Å²) >= 11 is 0. The second-order valence-electron chi connectivity index (χ2n) is 5.99. The molecule has 1 aromatic rings. The van der Waals surface area contributed by atoms with Gasteiger partial charge in [0.2, 0.25) is 0 Å². The Hall–Kier alpha value is -1.65. The number of amides is 1. The summed E-state index contributed by atoms with van der Waals surface area (Å²) in [6, 6.07) is 0.184. The number of piperidine rings is 1. The van der Waals surface area contributed by atoms with Crippen LogP contribution >= 0.6 is 0 Å². The van der Waals surface area contributed by atoms with E-state index >= 15 is 0 Å². The Kier molecular flexibility index (Phi) is 3.97. The first-order chi connectivity index (χ1) is 9.32. The number of aromatic nitrogens is 2. The lowest BCUT2D eigenvalue weighted by molar-refractivity contribution is 0.0584. The van der Waals surface area contributed by atoms with Crippen LogP contribution in [-0.2, 0) is 7.05 Å². The maximum absolute atomic E-state index is 12.7. The lowest BCUT2D eigenvalue weighted by Crippen LogP contribution is -2.46. The molecule has 0 bridgehead atoms. The number of carbonyl (C=O) groups is 1. The van der Waals surface area contributed by atoms with Crippen LogP contribution in [0.3, 0.4) is 0 Å². The summed E-state index contributed by atoms with van der Waals surface area (Å²) in [6.45, 7) is 8.62. The SMILES string of the molecule is Cc1nn(C)c(=O)c(C(=O)N2CC[C@H](C)C[C@H]2C)c1C. The van der Waals surface area contributed by atoms with Gasteiger partial charge in [0, 0.05) is 19.6 Å². The van der Waals surface area contributed by atoms with Crippen molar-refractivity contribution in [2.45, 2.75) is 46.6 Å². The Labute approximate surface area is 119 Å². The van der Waals surface area contributed by atoms with Crippen LogP contribution < -0.4 is 5.56 Å². The van der Waals surface area contributed by atoms with Gasteiger partial charge in [0.1, 0.15) is 5.56 Å². The number of carbonyl (C=O) groups excluding carboxylic acids is 1. The zero-order valence-corrected chi connectivity index (χ0v) is 12.9. The summed E-state index contributed by atoms with van der Waals surface area (Å²) in [5, 5.41) is 4.13. The second-order valence-corrected chi connectivity index (χ2v) is 5.99. The van der Waals surface area contributed by atoms with Crippen molar-refractivity contribution in [2.75, 3.05) is 6.54 Å². The van der Waals surface area contributed by atoms with Crippen LogP contribution in [0.4, 0.5) is 0 Å². The molecule has 5 heteroatoms. The summed E-state index contributed by atoms with van der Waals surface area (Å²) in [4.78, 5) is 26.8. The van der Waals surface area contributed by atoms with Crippen LogP contribution in [0.2, 0.25) is 0 Å². The van der Waals surface area contributed by atoms with E-state index in [9.17, 15) is 9.59 Å². The van der Waals surface area contributed by atoms with Crippen molar-refractivity contribution >= 4 is 5.91 Å². The largest absolute Gasteiger partial charge is 0.336 e. The van der Waals surface area contributed by atoms with Gasteiger partial charge in [-0.1, -0.05) is 6.92 Å². The normalized spacial score (nSPS) is 22.9. The van der Waals surface area contributed by atoms with Crippen molar-refractivity contribution in [3.8, 4) is 0 Å². The smallest absolute Gasteiger partial charge is 0.279 e. The molecular weight excluding hydrogens is 254 g/mol. The summed E-state index contributed by atoms with van der Waals surface area (Å²) in [5.41, 5.74) is 1.41. The zero-order valence-electron chi connectivity index (χ0n) is 12.9. The number of aryl methyl sites for hydroxylation is 2. The monoisotopic (exact) mass is 277 g/mol. The second kappa shape index (κ2) is 5.38. The Morgan fingerprint density at radius 3 is 2.55 bits per heavy atom. The van der Waals surface area contributed by atoms with Gasteiger partial charge in [-0.15, -0.1) is 0 Å². The first kappa shape index (κ1) is 14.8. The molecule has 1 aliphatic heterocycles. The van der Waals surface area contributed by atoms with E-state index in [2.05, 4.69) is 18.9 Å². The predicted molar refractivity (Wildman–Crippen MR) is 77.8 cm³/mol. The molecule has 0 saturated carbocycles.